The van der Waals surface area contributed by atoms with Crippen molar-refractivity contribution in [3.63, 3.8) is 0 Å². The van der Waals surface area contributed by atoms with Crippen molar-refractivity contribution in [3.8, 4) is 17.2 Å². The molecule has 20 heavy (non-hydrogen) atoms. The third-order valence-corrected chi connectivity index (χ3v) is 2.67. The van der Waals surface area contributed by atoms with E-state index in [9.17, 15) is 0 Å². The lowest BCUT2D eigenvalue weighted by Gasteiger charge is -2.09. The molecule has 0 heterocycles. The first-order chi connectivity index (χ1) is 9.78. The Morgan fingerprint density at radius 3 is 2.20 bits per heavy atom. The maximum absolute atomic E-state index is 5.71. The highest BCUT2D eigenvalue weighted by Gasteiger charge is 1.99. The summed E-state index contributed by atoms with van der Waals surface area (Å²) in [5, 5.41) is 3.04. The van der Waals surface area contributed by atoms with E-state index in [4.69, 9.17) is 9.47 Å². The van der Waals surface area contributed by atoms with Crippen LogP contribution in [0.25, 0.3) is 0 Å². The highest BCUT2D eigenvalue weighted by molar-refractivity contribution is 5.35. The molecular weight excluding hydrogens is 250 g/mol. The number of benzene rings is 2. The highest BCUT2D eigenvalue weighted by Crippen LogP contribution is 2.23. The Labute approximate surface area is 119 Å². The van der Waals surface area contributed by atoms with Gasteiger partial charge in [-0.2, -0.15) is 0 Å². The van der Waals surface area contributed by atoms with Gasteiger partial charge in [0.15, 0.2) is 0 Å². The summed E-state index contributed by atoms with van der Waals surface area (Å²) in [7, 11) is 1.89. The predicted octanol–water partition coefficient (Wildman–Crippen LogP) is 3.63. The van der Waals surface area contributed by atoms with Crippen LogP contribution in [-0.4, -0.2) is 20.2 Å². The molecule has 2 aromatic rings. The van der Waals surface area contributed by atoms with Crippen molar-refractivity contribution in [2.75, 3.05) is 20.2 Å². The van der Waals surface area contributed by atoms with Crippen molar-refractivity contribution >= 4 is 0 Å². The molecule has 0 unspecified atom stereocenters. The van der Waals surface area contributed by atoms with Crippen molar-refractivity contribution in [1.82, 2.24) is 5.32 Å². The normalized spacial score (nSPS) is 10.1. The molecule has 0 fully saturated rings. The van der Waals surface area contributed by atoms with Gasteiger partial charge in [-0.3, -0.25) is 0 Å². The van der Waals surface area contributed by atoms with Crippen molar-refractivity contribution in [1.29, 1.82) is 0 Å². The summed E-state index contributed by atoms with van der Waals surface area (Å²) in [6.07, 6.45) is 0. The fourth-order valence-corrected chi connectivity index (χ4v) is 1.71. The molecule has 0 bridgehead atoms. The van der Waals surface area contributed by atoms with Crippen LogP contribution in [0, 0.1) is 0 Å². The summed E-state index contributed by atoms with van der Waals surface area (Å²) in [4.78, 5) is 0. The van der Waals surface area contributed by atoms with Crippen LogP contribution in [0.1, 0.15) is 0 Å². The van der Waals surface area contributed by atoms with Crippen molar-refractivity contribution in [2.45, 2.75) is 0 Å². The lowest BCUT2D eigenvalue weighted by Crippen LogP contribution is -2.14. The van der Waals surface area contributed by atoms with E-state index >= 15 is 0 Å². The van der Waals surface area contributed by atoms with E-state index in [1.54, 1.807) is 0 Å². The Kier molecular flexibility index (Phi) is 5.21. The van der Waals surface area contributed by atoms with Gasteiger partial charge >= 0.3 is 0 Å². The number of ether oxygens (including phenoxy) is 2. The van der Waals surface area contributed by atoms with E-state index in [1.165, 1.54) is 0 Å². The molecule has 104 valence electrons. The van der Waals surface area contributed by atoms with E-state index in [0.29, 0.717) is 6.61 Å². The first-order valence-electron chi connectivity index (χ1n) is 6.55. The van der Waals surface area contributed by atoms with Crippen LogP contribution in [0.5, 0.6) is 17.2 Å². The molecule has 1 N–H and O–H groups in total. The highest BCUT2D eigenvalue weighted by atomic mass is 16.5. The molecule has 0 amide bonds. The van der Waals surface area contributed by atoms with Gasteiger partial charge in [-0.1, -0.05) is 24.8 Å². The molecule has 0 saturated carbocycles. The summed E-state index contributed by atoms with van der Waals surface area (Å²) in [6, 6.07) is 17.3. The lowest BCUT2D eigenvalue weighted by molar-refractivity contribution is 0.348. The van der Waals surface area contributed by atoms with E-state index in [2.05, 4.69) is 11.9 Å². The monoisotopic (exact) mass is 269 g/mol. The molecular formula is C17H19NO2. The van der Waals surface area contributed by atoms with Gasteiger partial charge in [-0.25, -0.2) is 0 Å². The molecule has 0 aliphatic carbocycles. The predicted molar refractivity (Wildman–Crippen MR) is 81.5 cm³/mol. The van der Waals surface area contributed by atoms with Crippen LogP contribution < -0.4 is 14.8 Å². The second-order valence-electron chi connectivity index (χ2n) is 4.46. The average Bonchev–Trinajstić information content (AvgIpc) is 2.48. The van der Waals surface area contributed by atoms with Crippen LogP contribution >= 0.6 is 0 Å². The van der Waals surface area contributed by atoms with Crippen LogP contribution in [-0.2, 0) is 0 Å². The van der Waals surface area contributed by atoms with Crippen molar-refractivity contribution in [2.24, 2.45) is 0 Å². The topological polar surface area (TPSA) is 30.5 Å². The zero-order valence-corrected chi connectivity index (χ0v) is 11.6. The van der Waals surface area contributed by atoms with Gasteiger partial charge in [-0.15, -0.1) is 0 Å². The minimum absolute atomic E-state index is 0.514. The Bertz CT molecular complexity index is 535. The van der Waals surface area contributed by atoms with Crippen LogP contribution in [0.4, 0.5) is 0 Å². The van der Waals surface area contributed by atoms with E-state index in [1.807, 2.05) is 61.6 Å². The molecule has 0 aromatic heterocycles. The molecule has 0 aliphatic heterocycles. The Morgan fingerprint density at radius 2 is 1.55 bits per heavy atom. The Hall–Kier alpha value is -2.26. The Balaban J connectivity index is 1.88. The van der Waals surface area contributed by atoms with Gasteiger partial charge in [0, 0.05) is 6.54 Å². The minimum Gasteiger partial charge on any atom is -0.489 e. The fraction of sp³-hybridized carbons (Fsp3) is 0.176. The maximum Gasteiger partial charge on any atom is 0.127 e. The number of hydrogen-bond donors (Lipinski definition) is 1. The summed E-state index contributed by atoms with van der Waals surface area (Å²) < 4.78 is 11.3. The molecule has 0 saturated heterocycles. The molecule has 0 spiro atoms. The second kappa shape index (κ2) is 7.36. The van der Waals surface area contributed by atoms with Gasteiger partial charge in [0.05, 0.1) is 0 Å². The number of likely N-dealkylation sites (N-methyl/N-ethyl adjacent to an activating group) is 1. The van der Waals surface area contributed by atoms with Crippen LogP contribution in [0.3, 0.4) is 0 Å². The van der Waals surface area contributed by atoms with Crippen molar-refractivity contribution in [3.05, 3.63) is 66.7 Å². The van der Waals surface area contributed by atoms with E-state index in [0.717, 1.165) is 29.4 Å². The van der Waals surface area contributed by atoms with Gasteiger partial charge in [-0.05, 0) is 49.0 Å². The quantitative estimate of drug-likeness (QED) is 0.778. The van der Waals surface area contributed by atoms with Gasteiger partial charge < -0.3 is 14.8 Å². The van der Waals surface area contributed by atoms with Crippen molar-refractivity contribution < 1.29 is 9.47 Å². The molecule has 0 radical (unpaired) electrons. The van der Waals surface area contributed by atoms with E-state index in [-0.39, 0.29) is 0 Å². The van der Waals surface area contributed by atoms with Gasteiger partial charge in [0.2, 0.25) is 0 Å². The first kappa shape index (κ1) is 14.2. The third-order valence-electron chi connectivity index (χ3n) is 2.67. The molecule has 2 rings (SSSR count). The molecule has 3 nitrogen and oxygen atoms in total. The molecule has 0 atom stereocenters. The second-order valence-corrected chi connectivity index (χ2v) is 4.46. The van der Waals surface area contributed by atoms with Gasteiger partial charge in [0.1, 0.15) is 23.9 Å². The Morgan fingerprint density at radius 1 is 0.950 bits per heavy atom. The number of hydrogen-bond acceptors (Lipinski definition) is 3. The number of para-hydroxylation sites is 1. The van der Waals surface area contributed by atoms with Crippen LogP contribution in [0.2, 0.25) is 0 Å². The largest absolute Gasteiger partial charge is 0.489 e. The average molecular weight is 269 g/mol. The summed E-state index contributed by atoms with van der Waals surface area (Å²) in [5.74, 6) is 2.42. The maximum atomic E-state index is 5.71. The fourth-order valence-electron chi connectivity index (χ4n) is 1.71. The molecule has 0 aliphatic rings. The minimum atomic E-state index is 0.514. The summed E-state index contributed by atoms with van der Waals surface area (Å²) in [5.41, 5.74) is 1.01. The number of nitrogens with one attached hydrogen (secondary N) is 1. The lowest BCUT2D eigenvalue weighted by atomic mass is 10.3. The van der Waals surface area contributed by atoms with E-state index < -0.39 is 0 Å². The SMILES string of the molecule is C=C(CNC)COc1ccc(Oc2ccccc2)cc1. The summed E-state index contributed by atoms with van der Waals surface area (Å²) >= 11 is 0. The third kappa shape index (κ3) is 4.44. The zero-order chi connectivity index (χ0) is 14.2. The smallest absolute Gasteiger partial charge is 0.127 e. The van der Waals surface area contributed by atoms with Gasteiger partial charge in [0.25, 0.3) is 0 Å². The molecule has 2 aromatic carbocycles. The van der Waals surface area contributed by atoms with Crippen LogP contribution in [0.15, 0.2) is 66.7 Å². The number of rotatable bonds is 7. The molecule has 3 heteroatoms. The zero-order valence-electron chi connectivity index (χ0n) is 11.6. The standard InChI is InChI=1S/C17H19NO2/c1-14(12-18-2)13-19-15-8-10-17(11-9-15)20-16-6-4-3-5-7-16/h3-11,18H,1,12-13H2,2H3. The first-order valence-corrected chi connectivity index (χ1v) is 6.55. The summed E-state index contributed by atoms with van der Waals surface area (Å²) in [6.45, 7) is 5.19.